The largest absolute Gasteiger partial charge is 0.573 e. The van der Waals surface area contributed by atoms with E-state index >= 15 is 0 Å². The number of halogens is 4. The number of nitrogens with two attached hydrogens (primary N) is 1. The Labute approximate surface area is 178 Å². The number of hydrogen-bond acceptors (Lipinski definition) is 3. The molecule has 28 heavy (non-hydrogen) atoms. The van der Waals surface area contributed by atoms with Gasteiger partial charge in [-0.05, 0) is 48.4 Å². The molecule has 0 radical (unpaired) electrons. The molecule has 3 N–H and O–H groups in total. The van der Waals surface area contributed by atoms with Crippen LogP contribution >= 0.6 is 24.0 Å². The van der Waals surface area contributed by atoms with Crippen molar-refractivity contribution >= 4 is 35.6 Å². The van der Waals surface area contributed by atoms with E-state index in [4.69, 9.17) is 16.9 Å². The second-order valence-corrected chi connectivity index (χ2v) is 5.35. The highest BCUT2D eigenvalue weighted by atomic mass is 127. The third kappa shape index (κ3) is 8.85. The molecule has 0 unspecified atom stereocenters. The van der Waals surface area contributed by atoms with Gasteiger partial charge in [0.1, 0.15) is 18.1 Å². The van der Waals surface area contributed by atoms with Gasteiger partial charge in [0.15, 0.2) is 5.96 Å². The van der Waals surface area contributed by atoms with Crippen LogP contribution in [-0.4, -0.2) is 25.5 Å². The maximum Gasteiger partial charge on any atom is 0.573 e. The highest BCUT2D eigenvalue weighted by Crippen LogP contribution is 2.23. The minimum absolute atomic E-state index is 0. The molecule has 2 aromatic carbocycles. The summed E-state index contributed by atoms with van der Waals surface area (Å²) in [7, 11) is 0. The van der Waals surface area contributed by atoms with Crippen LogP contribution in [0.1, 0.15) is 5.56 Å². The Balaban J connectivity index is 0.00000392. The lowest BCUT2D eigenvalue weighted by Gasteiger charge is -2.10. The van der Waals surface area contributed by atoms with Gasteiger partial charge in [-0.3, -0.25) is 4.99 Å². The Bertz CT molecular complexity index is 801. The van der Waals surface area contributed by atoms with Gasteiger partial charge in [-0.1, -0.05) is 18.1 Å². The molecule has 150 valence electrons. The predicted molar refractivity (Wildman–Crippen MR) is 113 cm³/mol. The molecule has 9 heteroatoms. The van der Waals surface area contributed by atoms with Gasteiger partial charge in [0.25, 0.3) is 0 Å². The fraction of sp³-hybridized carbons (Fsp3) is 0.211. The van der Waals surface area contributed by atoms with Crippen LogP contribution in [0.25, 0.3) is 0 Å². The molecule has 0 saturated carbocycles. The molecule has 0 amide bonds. The van der Waals surface area contributed by atoms with Crippen molar-refractivity contribution in [1.29, 1.82) is 0 Å². The van der Waals surface area contributed by atoms with Crippen molar-refractivity contribution in [1.82, 2.24) is 0 Å². The third-order valence-electron chi connectivity index (χ3n) is 3.29. The minimum Gasteiger partial charge on any atom is -0.481 e. The van der Waals surface area contributed by atoms with Gasteiger partial charge in [-0.2, -0.15) is 0 Å². The molecule has 0 aliphatic carbocycles. The van der Waals surface area contributed by atoms with Crippen molar-refractivity contribution in [2.75, 3.05) is 18.5 Å². The Morgan fingerprint density at radius 3 is 2.25 bits per heavy atom. The number of anilines is 1. The van der Waals surface area contributed by atoms with Crippen LogP contribution in [0.5, 0.6) is 11.5 Å². The van der Waals surface area contributed by atoms with E-state index < -0.39 is 6.36 Å². The van der Waals surface area contributed by atoms with Crippen LogP contribution in [0.4, 0.5) is 18.9 Å². The number of guanidine groups is 1. The molecule has 0 saturated heterocycles. The first-order chi connectivity index (χ1) is 12.9. The standard InChI is InChI=1S/C19H18F3N3O2.HI/c1-2-13-26-16-7-3-14(4-8-16)11-12-24-18(23)25-15-5-9-17(10-6-15)27-19(20,21)22;/h1,3-10H,11-13H2,(H3,23,24,25);1H. The maximum absolute atomic E-state index is 12.1. The monoisotopic (exact) mass is 505 g/mol. The second kappa shape index (κ2) is 11.3. The van der Waals surface area contributed by atoms with Gasteiger partial charge in [-0.25, -0.2) is 0 Å². The maximum atomic E-state index is 12.1. The van der Waals surface area contributed by atoms with Crippen molar-refractivity contribution in [2.45, 2.75) is 12.8 Å². The topological polar surface area (TPSA) is 68.9 Å². The number of aliphatic imine (C=N–C) groups is 1. The summed E-state index contributed by atoms with van der Waals surface area (Å²) in [6.07, 6.45) is 1.07. The van der Waals surface area contributed by atoms with Crippen molar-refractivity contribution in [3.05, 3.63) is 54.1 Å². The molecule has 5 nitrogen and oxygen atoms in total. The quantitative estimate of drug-likeness (QED) is 0.257. The molecule has 0 bridgehead atoms. The fourth-order valence-corrected chi connectivity index (χ4v) is 2.11. The average molecular weight is 505 g/mol. The summed E-state index contributed by atoms with van der Waals surface area (Å²) < 4.78 is 45.4. The first kappa shape index (κ1) is 23.4. The Kier molecular flexibility index (Phi) is 9.44. The Hall–Kier alpha value is -2.61. The van der Waals surface area contributed by atoms with E-state index in [1.165, 1.54) is 24.3 Å². The average Bonchev–Trinajstić information content (AvgIpc) is 2.61. The molecule has 0 aliphatic heterocycles. The zero-order chi connectivity index (χ0) is 19.7. The fourth-order valence-electron chi connectivity index (χ4n) is 2.11. The number of hydrogen-bond donors (Lipinski definition) is 2. The number of alkyl halides is 3. The molecule has 2 rings (SSSR count). The van der Waals surface area contributed by atoms with Gasteiger partial charge >= 0.3 is 6.36 Å². The molecule has 0 spiro atoms. The van der Waals surface area contributed by atoms with E-state index in [1.807, 2.05) is 24.3 Å². The van der Waals surface area contributed by atoms with Crippen LogP contribution in [0, 0.1) is 12.3 Å². The molecule has 0 aliphatic rings. The minimum atomic E-state index is -4.72. The first-order valence-electron chi connectivity index (χ1n) is 7.94. The zero-order valence-electron chi connectivity index (χ0n) is 14.7. The lowest BCUT2D eigenvalue weighted by atomic mass is 10.1. The number of nitrogens with one attached hydrogen (secondary N) is 1. The molecule has 0 atom stereocenters. The van der Waals surface area contributed by atoms with Gasteiger partial charge in [0, 0.05) is 12.2 Å². The highest BCUT2D eigenvalue weighted by Gasteiger charge is 2.30. The summed E-state index contributed by atoms with van der Waals surface area (Å²) >= 11 is 0. The van der Waals surface area contributed by atoms with Crippen molar-refractivity contribution in [3.8, 4) is 23.8 Å². The van der Waals surface area contributed by atoms with Gasteiger partial charge in [0.2, 0.25) is 0 Å². The molecule has 0 fully saturated rings. The summed E-state index contributed by atoms with van der Waals surface area (Å²) in [4.78, 5) is 4.18. The molecule has 0 aromatic heterocycles. The molecule has 2 aromatic rings. The van der Waals surface area contributed by atoms with Gasteiger partial charge in [-0.15, -0.1) is 43.6 Å². The van der Waals surface area contributed by atoms with E-state index in [9.17, 15) is 13.2 Å². The van der Waals surface area contributed by atoms with Gasteiger partial charge in [0.05, 0.1) is 0 Å². The normalized spacial score (nSPS) is 11.1. The van der Waals surface area contributed by atoms with E-state index in [0.29, 0.717) is 24.4 Å². The predicted octanol–water partition coefficient (Wildman–Crippen LogP) is 4.18. The summed E-state index contributed by atoms with van der Waals surface area (Å²) in [6, 6.07) is 12.7. The number of rotatable bonds is 7. The number of benzene rings is 2. The second-order valence-electron chi connectivity index (χ2n) is 5.35. The summed E-state index contributed by atoms with van der Waals surface area (Å²) in [6.45, 7) is 0.661. The van der Waals surface area contributed by atoms with E-state index in [-0.39, 0.29) is 42.3 Å². The Morgan fingerprint density at radius 2 is 1.68 bits per heavy atom. The highest BCUT2D eigenvalue weighted by molar-refractivity contribution is 14.0. The first-order valence-corrected chi connectivity index (χ1v) is 7.94. The molecule has 0 heterocycles. The van der Waals surface area contributed by atoms with Crippen molar-refractivity contribution in [2.24, 2.45) is 10.7 Å². The van der Waals surface area contributed by atoms with E-state index in [0.717, 1.165) is 5.56 Å². The van der Waals surface area contributed by atoms with Crippen LogP contribution in [-0.2, 0) is 6.42 Å². The van der Waals surface area contributed by atoms with Crippen LogP contribution in [0.2, 0.25) is 0 Å². The van der Waals surface area contributed by atoms with Gasteiger partial charge < -0.3 is 20.5 Å². The number of nitrogens with zero attached hydrogens (tertiary/aromatic N) is 1. The lowest BCUT2D eigenvalue weighted by molar-refractivity contribution is -0.274. The summed E-state index contributed by atoms with van der Waals surface area (Å²) in [5.41, 5.74) is 7.33. The van der Waals surface area contributed by atoms with Crippen molar-refractivity contribution < 1.29 is 22.6 Å². The van der Waals surface area contributed by atoms with Crippen LogP contribution in [0.15, 0.2) is 53.5 Å². The molecular formula is C19H19F3IN3O2. The SMILES string of the molecule is C#CCOc1ccc(CCN=C(N)Nc2ccc(OC(F)(F)F)cc2)cc1.I. The zero-order valence-corrected chi connectivity index (χ0v) is 17.0. The van der Waals surface area contributed by atoms with E-state index in [1.54, 1.807) is 0 Å². The van der Waals surface area contributed by atoms with E-state index in [2.05, 4.69) is 21.0 Å². The van der Waals surface area contributed by atoms with Crippen LogP contribution in [0.3, 0.4) is 0 Å². The lowest BCUT2D eigenvalue weighted by Crippen LogP contribution is -2.23. The smallest absolute Gasteiger partial charge is 0.481 e. The summed E-state index contributed by atoms with van der Waals surface area (Å²) in [5, 5.41) is 2.80. The summed E-state index contributed by atoms with van der Waals surface area (Å²) in [5.74, 6) is 2.94. The Morgan fingerprint density at radius 1 is 1.07 bits per heavy atom. The van der Waals surface area contributed by atoms with Crippen molar-refractivity contribution in [3.63, 3.8) is 0 Å². The number of ether oxygens (including phenoxy) is 2. The number of terminal acetylenes is 1. The third-order valence-corrected chi connectivity index (χ3v) is 3.29. The molecular weight excluding hydrogens is 486 g/mol. The van der Waals surface area contributed by atoms with Crippen LogP contribution < -0.4 is 20.5 Å².